The fourth-order valence-corrected chi connectivity index (χ4v) is 2.24. The first kappa shape index (κ1) is 12.5. The van der Waals surface area contributed by atoms with E-state index in [0.717, 1.165) is 16.7 Å². The molecule has 1 aromatic heterocycles. The number of carbonyl (C=O) groups excluding carboxylic acids is 1. The molecule has 0 atom stereocenters. The van der Waals surface area contributed by atoms with Gasteiger partial charge >= 0.3 is 0 Å². The zero-order chi connectivity index (χ0) is 13.1. The van der Waals surface area contributed by atoms with E-state index in [0.29, 0.717) is 6.42 Å². The standard InChI is InChI=1S/C16H17NO/c1-11-6-12(2)8-14(7-11)9-16(18)15-4-5-17-10-13(15)3/h4-8,10H,9H2,1-3H3. The quantitative estimate of drug-likeness (QED) is 0.768. The van der Waals surface area contributed by atoms with Gasteiger partial charge in [0.05, 0.1) is 0 Å². The molecule has 0 unspecified atom stereocenters. The maximum Gasteiger partial charge on any atom is 0.167 e. The van der Waals surface area contributed by atoms with Crippen molar-refractivity contribution >= 4 is 5.78 Å². The fraction of sp³-hybridized carbons (Fsp3) is 0.250. The molecule has 2 aromatic rings. The molecule has 0 radical (unpaired) electrons. The summed E-state index contributed by atoms with van der Waals surface area (Å²) in [4.78, 5) is 16.2. The monoisotopic (exact) mass is 239 g/mol. The minimum absolute atomic E-state index is 0.153. The molecular formula is C16H17NO. The van der Waals surface area contributed by atoms with Gasteiger partial charge in [-0.2, -0.15) is 0 Å². The first-order valence-electron chi connectivity index (χ1n) is 6.07. The Kier molecular flexibility index (Phi) is 3.56. The Bertz CT molecular complexity index is 567. The lowest BCUT2D eigenvalue weighted by atomic mass is 9.98. The lowest BCUT2D eigenvalue weighted by molar-refractivity contribution is 0.0992. The van der Waals surface area contributed by atoms with E-state index in [1.54, 1.807) is 18.5 Å². The smallest absolute Gasteiger partial charge is 0.167 e. The Hall–Kier alpha value is -1.96. The number of hydrogen-bond acceptors (Lipinski definition) is 2. The highest BCUT2D eigenvalue weighted by Crippen LogP contribution is 2.14. The topological polar surface area (TPSA) is 30.0 Å². The van der Waals surface area contributed by atoms with E-state index in [2.05, 4.69) is 37.0 Å². The molecule has 1 heterocycles. The summed E-state index contributed by atoms with van der Waals surface area (Å²) in [6, 6.07) is 8.05. The summed E-state index contributed by atoms with van der Waals surface area (Å²) in [6.07, 6.45) is 3.85. The summed E-state index contributed by atoms with van der Waals surface area (Å²) in [6.45, 7) is 6.03. The second kappa shape index (κ2) is 5.13. The molecule has 0 saturated heterocycles. The Labute approximate surface area is 108 Å². The average molecular weight is 239 g/mol. The van der Waals surface area contributed by atoms with Crippen molar-refractivity contribution in [2.75, 3.05) is 0 Å². The van der Waals surface area contributed by atoms with Gasteiger partial charge in [-0.05, 0) is 38.0 Å². The first-order chi connectivity index (χ1) is 8.56. The van der Waals surface area contributed by atoms with Crippen LogP contribution in [-0.4, -0.2) is 10.8 Å². The van der Waals surface area contributed by atoms with Crippen molar-refractivity contribution < 1.29 is 4.79 Å². The number of carbonyl (C=O) groups is 1. The van der Waals surface area contributed by atoms with Crippen LogP contribution in [0, 0.1) is 20.8 Å². The van der Waals surface area contributed by atoms with Crippen LogP contribution in [0.2, 0.25) is 0 Å². The zero-order valence-corrected chi connectivity index (χ0v) is 11.0. The zero-order valence-electron chi connectivity index (χ0n) is 11.0. The third-order valence-electron chi connectivity index (χ3n) is 2.97. The molecule has 0 aliphatic rings. The van der Waals surface area contributed by atoms with Gasteiger partial charge in [-0.15, -0.1) is 0 Å². The van der Waals surface area contributed by atoms with Gasteiger partial charge in [-0.1, -0.05) is 29.3 Å². The largest absolute Gasteiger partial charge is 0.294 e. The Morgan fingerprint density at radius 1 is 1.11 bits per heavy atom. The Morgan fingerprint density at radius 3 is 2.39 bits per heavy atom. The van der Waals surface area contributed by atoms with Gasteiger partial charge < -0.3 is 0 Å². The van der Waals surface area contributed by atoms with Gasteiger partial charge in [0, 0.05) is 24.4 Å². The molecule has 92 valence electrons. The lowest BCUT2D eigenvalue weighted by Crippen LogP contribution is -2.06. The number of benzene rings is 1. The SMILES string of the molecule is Cc1cc(C)cc(CC(=O)c2ccncc2C)c1. The van der Waals surface area contributed by atoms with Gasteiger partial charge in [0.2, 0.25) is 0 Å². The van der Waals surface area contributed by atoms with E-state index in [1.165, 1.54) is 11.1 Å². The molecule has 18 heavy (non-hydrogen) atoms. The van der Waals surface area contributed by atoms with E-state index < -0.39 is 0 Å². The third kappa shape index (κ3) is 2.83. The van der Waals surface area contributed by atoms with Crippen LogP contribution in [0.15, 0.2) is 36.7 Å². The molecule has 0 spiro atoms. The number of pyridine rings is 1. The van der Waals surface area contributed by atoms with Gasteiger partial charge in [0.25, 0.3) is 0 Å². The van der Waals surface area contributed by atoms with Crippen LogP contribution in [0.25, 0.3) is 0 Å². The van der Waals surface area contributed by atoms with Crippen LogP contribution in [0.3, 0.4) is 0 Å². The van der Waals surface area contributed by atoms with Crippen molar-refractivity contribution in [1.82, 2.24) is 4.98 Å². The van der Waals surface area contributed by atoms with Crippen LogP contribution >= 0.6 is 0 Å². The van der Waals surface area contributed by atoms with Crippen LogP contribution in [0.1, 0.15) is 32.6 Å². The van der Waals surface area contributed by atoms with E-state index in [-0.39, 0.29) is 5.78 Å². The highest BCUT2D eigenvalue weighted by atomic mass is 16.1. The minimum Gasteiger partial charge on any atom is -0.294 e. The molecule has 0 aliphatic carbocycles. The number of rotatable bonds is 3. The van der Waals surface area contributed by atoms with Crippen molar-refractivity contribution in [3.63, 3.8) is 0 Å². The average Bonchev–Trinajstić information content (AvgIpc) is 2.27. The van der Waals surface area contributed by atoms with Crippen LogP contribution in [0.4, 0.5) is 0 Å². The van der Waals surface area contributed by atoms with E-state index in [9.17, 15) is 4.79 Å². The van der Waals surface area contributed by atoms with Crippen molar-refractivity contribution in [3.8, 4) is 0 Å². The summed E-state index contributed by atoms with van der Waals surface area (Å²) in [5.74, 6) is 0.153. The minimum atomic E-state index is 0.153. The number of Topliss-reactive ketones (excluding diaryl/α,β-unsaturated/α-hetero) is 1. The molecule has 0 N–H and O–H groups in total. The second-order valence-electron chi connectivity index (χ2n) is 4.79. The third-order valence-corrected chi connectivity index (χ3v) is 2.97. The number of nitrogens with zero attached hydrogens (tertiary/aromatic N) is 1. The van der Waals surface area contributed by atoms with Crippen molar-refractivity contribution in [2.45, 2.75) is 27.2 Å². The molecule has 2 heteroatoms. The van der Waals surface area contributed by atoms with Gasteiger partial charge in [0.15, 0.2) is 5.78 Å². The Balaban J connectivity index is 2.24. The predicted molar refractivity (Wildman–Crippen MR) is 72.9 cm³/mol. The molecule has 0 bridgehead atoms. The van der Waals surface area contributed by atoms with Crippen molar-refractivity contribution in [1.29, 1.82) is 0 Å². The molecule has 0 amide bonds. The first-order valence-corrected chi connectivity index (χ1v) is 6.07. The number of aromatic nitrogens is 1. The fourth-order valence-electron chi connectivity index (χ4n) is 2.24. The Morgan fingerprint density at radius 2 is 1.78 bits per heavy atom. The van der Waals surface area contributed by atoms with Gasteiger partial charge in [-0.3, -0.25) is 9.78 Å². The van der Waals surface area contributed by atoms with Crippen molar-refractivity contribution in [3.05, 3.63) is 64.5 Å². The maximum absolute atomic E-state index is 12.2. The number of ketones is 1. The van der Waals surface area contributed by atoms with Crippen LogP contribution in [-0.2, 0) is 6.42 Å². The second-order valence-corrected chi connectivity index (χ2v) is 4.79. The van der Waals surface area contributed by atoms with E-state index in [1.807, 2.05) is 6.92 Å². The predicted octanol–water partition coefficient (Wildman–Crippen LogP) is 3.43. The summed E-state index contributed by atoms with van der Waals surface area (Å²) in [5.41, 5.74) is 5.18. The summed E-state index contributed by atoms with van der Waals surface area (Å²) < 4.78 is 0. The molecule has 2 nitrogen and oxygen atoms in total. The highest BCUT2D eigenvalue weighted by Gasteiger charge is 2.10. The normalized spacial score (nSPS) is 10.4. The van der Waals surface area contributed by atoms with Crippen LogP contribution < -0.4 is 0 Å². The maximum atomic E-state index is 12.2. The summed E-state index contributed by atoms with van der Waals surface area (Å²) >= 11 is 0. The number of hydrogen-bond donors (Lipinski definition) is 0. The molecular weight excluding hydrogens is 222 g/mol. The molecule has 0 saturated carbocycles. The van der Waals surface area contributed by atoms with Gasteiger partial charge in [-0.25, -0.2) is 0 Å². The lowest BCUT2D eigenvalue weighted by Gasteiger charge is -2.06. The molecule has 1 aromatic carbocycles. The molecule has 0 fully saturated rings. The number of aryl methyl sites for hydroxylation is 3. The van der Waals surface area contributed by atoms with E-state index >= 15 is 0 Å². The van der Waals surface area contributed by atoms with E-state index in [4.69, 9.17) is 0 Å². The summed E-state index contributed by atoms with van der Waals surface area (Å²) in [5, 5.41) is 0. The van der Waals surface area contributed by atoms with Gasteiger partial charge in [0.1, 0.15) is 0 Å². The molecule has 2 rings (SSSR count). The van der Waals surface area contributed by atoms with Crippen molar-refractivity contribution in [2.24, 2.45) is 0 Å². The highest BCUT2D eigenvalue weighted by molar-refractivity contribution is 5.98. The molecule has 0 aliphatic heterocycles. The van der Waals surface area contributed by atoms with Crippen LogP contribution in [0.5, 0.6) is 0 Å². The summed E-state index contributed by atoms with van der Waals surface area (Å²) in [7, 11) is 0.